The van der Waals surface area contributed by atoms with E-state index in [0.29, 0.717) is 13.0 Å². The highest BCUT2D eigenvalue weighted by molar-refractivity contribution is 9.10. The van der Waals surface area contributed by atoms with Gasteiger partial charge in [0.2, 0.25) is 0 Å². The fraction of sp³-hybridized carbons (Fsp3) is 0.385. The summed E-state index contributed by atoms with van der Waals surface area (Å²) >= 11 is 3.33. The number of carboxylic acids is 1. The standard InChI is InChI=1S/C13H17BrN2O3/c1-3-11(12(17)18)16(2)13(19)15-8-9-4-6-10(14)7-5-9/h4-7,11H,3,8H2,1-2H3,(H,15,19)(H,17,18). The molecule has 0 aromatic heterocycles. The van der Waals surface area contributed by atoms with Gasteiger partial charge in [-0.15, -0.1) is 0 Å². The highest BCUT2D eigenvalue weighted by Gasteiger charge is 2.24. The Morgan fingerprint density at radius 2 is 1.95 bits per heavy atom. The summed E-state index contributed by atoms with van der Waals surface area (Å²) in [5.41, 5.74) is 0.952. The first-order valence-corrected chi connectivity index (χ1v) is 6.73. The molecule has 0 spiro atoms. The molecule has 0 radical (unpaired) electrons. The summed E-state index contributed by atoms with van der Waals surface area (Å²) in [4.78, 5) is 24.0. The molecular formula is C13H17BrN2O3. The first-order chi connectivity index (χ1) is 8.95. The zero-order valence-electron chi connectivity index (χ0n) is 10.9. The van der Waals surface area contributed by atoms with E-state index < -0.39 is 18.0 Å². The summed E-state index contributed by atoms with van der Waals surface area (Å²) < 4.78 is 0.969. The van der Waals surface area contributed by atoms with Crippen LogP contribution in [0.2, 0.25) is 0 Å². The summed E-state index contributed by atoms with van der Waals surface area (Å²) in [7, 11) is 1.49. The molecule has 0 saturated heterocycles. The third kappa shape index (κ3) is 4.55. The van der Waals surface area contributed by atoms with Gasteiger partial charge in [0, 0.05) is 18.1 Å². The lowest BCUT2D eigenvalue weighted by atomic mass is 10.2. The Hall–Kier alpha value is -1.56. The minimum Gasteiger partial charge on any atom is -0.480 e. The number of halogens is 1. The number of nitrogens with zero attached hydrogens (tertiary/aromatic N) is 1. The number of likely N-dealkylation sites (N-methyl/N-ethyl adjacent to an activating group) is 1. The Morgan fingerprint density at radius 3 is 2.42 bits per heavy atom. The van der Waals surface area contributed by atoms with E-state index in [-0.39, 0.29) is 0 Å². The Labute approximate surface area is 120 Å². The number of nitrogens with one attached hydrogen (secondary N) is 1. The topological polar surface area (TPSA) is 69.6 Å². The first-order valence-electron chi connectivity index (χ1n) is 5.93. The molecule has 0 aliphatic heterocycles. The van der Waals surface area contributed by atoms with Crippen LogP contribution in [0.4, 0.5) is 4.79 Å². The molecule has 0 aliphatic rings. The molecule has 1 aromatic rings. The molecule has 5 nitrogen and oxygen atoms in total. The number of carbonyl (C=O) groups excluding carboxylic acids is 1. The Morgan fingerprint density at radius 1 is 1.37 bits per heavy atom. The molecule has 1 aromatic carbocycles. The summed E-state index contributed by atoms with van der Waals surface area (Å²) in [6.45, 7) is 2.10. The zero-order chi connectivity index (χ0) is 14.4. The zero-order valence-corrected chi connectivity index (χ0v) is 12.5. The van der Waals surface area contributed by atoms with Crippen molar-refractivity contribution >= 4 is 27.9 Å². The molecule has 1 atom stereocenters. The molecule has 2 amide bonds. The lowest BCUT2D eigenvalue weighted by Gasteiger charge is -2.24. The second kappa shape index (κ2) is 7.13. The molecule has 0 heterocycles. The van der Waals surface area contributed by atoms with E-state index in [4.69, 9.17) is 5.11 Å². The van der Waals surface area contributed by atoms with Gasteiger partial charge in [0.15, 0.2) is 0 Å². The second-order valence-corrected chi connectivity index (χ2v) is 5.07. The van der Waals surface area contributed by atoms with Crippen LogP contribution < -0.4 is 5.32 Å². The van der Waals surface area contributed by atoms with Crippen LogP contribution in [0, 0.1) is 0 Å². The average molecular weight is 329 g/mol. The predicted molar refractivity (Wildman–Crippen MR) is 75.9 cm³/mol. The molecule has 0 fully saturated rings. The number of carboxylic acid groups (broad SMARTS) is 1. The monoisotopic (exact) mass is 328 g/mol. The molecule has 1 unspecified atom stereocenters. The van der Waals surface area contributed by atoms with Gasteiger partial charge in [-0.05, 0) is 24.1 Å². The summed E-state index contributed by atoms with van der Waals surface area (Å²) in [5, 5.41) is 11.7. The van der Waals surface area contributed by atoms with E-state index in [1.807, 2.05) is 24.3 Å². The van der Waals surface area contributed by atoms with E-state index in [2.05, 4.69) is 21.2 Å². The summed E-state index contributed by atoms with van der Waals surface area (Å²) in [6.07, 6.45) is 0.373. The predicted octanol–water partition coefficient (Wildman–Crippen LogP) is 2.45. The number of benzene rings is 1. The maximum absolute atomic E-state index is 11.8. The minimum atomic E-state index is -0.996. The fourth-order valence-corrected chi connectivity index (χ4v) is 1.92. The molecule has 0 bridgehead atoms. The second-order valence-electron chi connectivity index (χ2n) is 4.16. The van der Waals surface area contributed by atoms with Crippen molar-refractivity contribution in [3.05, 3.63) is 34.3 Å². The van der Waals surface area contributed by atoms with Crippen LogP contribution in [-0.2, 0) is 11.3 Å². The van der Waals surface area contributed by atoms with Crippen LogP contribution in [0.5, 0.6) is 0 Å². The van der Waals surface area contributed by atoms with Gasteiger partial charge in [0.1, 0.15) is 6.04 Å². The molecule has 2 N–H and O–H groups in total. The number of rotatable bonds is 5. The number of hydrogen-bond donors (Lipinski definition) is 2. The third-order valence-corrected chi connectivity index (χ3v) is 3.35. The van der Waals surface area contributed by atoms with Gasteiger partial charge in [-0.3, -0.25) is 0 Å². The average Bonchev–Trinajstić information content (AvgIpc) is 2.38. The largest absolute Gasteiger partial charge is 0.480 e. The number of urea groups is 1. The van der Waals surface area contributed by atoms with Gasteiger partial charge in [0.05, 0.1) is 0 Å². The Bertz CT molecular complexity index is 448. The van der Waals surface area contributed by atoms with Crippen molar-refractivity contribution in [2.75, 3.05) is 7.05 Å². The van der Waals surface area contributed by atoms with Crippen molar-refractivity contribution in [2.45, 2.75) is 25.9 Å². The normalized spacial score (nSPS) is 11.7. The van der Waals surface area contributed by atoms with Gasteiger partial charge < -0.3 is 15.3 Å². The Kier molecular flexibility index (Phi) is 5.82. The van der Waals surface area contributed by atoms with Gasteiger partial charge in [-0.25, -0.2) is 9.59 Å². The van der Waals surface area contributed by atoms with Gasteiger partial charge in [-0.2, -0.15) is 0 Å². The number of aliphatic carboxylic acids is 1. The first kappa shape index (κ1) is 15.5. The van der Waals surface area contributed by atoms with Crippen molar-refractivity contribution in [1.29, 1.82) is 0 Å². The van der Waals surface area contributed by atoms with E-state index in [0.717, 1.165) is 10.0 Å². The van der Waals surface area contributed by atoms with Crippen molar-refractivity contribution in [3.8, 4) is 0 Å². The molecule has 0 saturated carbocycles. The molecular weight excluding hydrogens is 312 g/mol. The lowest BCUT2D eigenvalue weighted by molar-refractivity contribution is -0.141. The minimum absolute atomic E-state index is 0.368. The van der Waals surface area contributed by atoms with Gasteiger partial charge >= 0.3 is 12.0 Å². The fourth-order valence-electron chi connectivity index (χ4n) is 1.66. The van der Waals surface area contributed by atoms with Crippen LogP contribution in [0.15, 0.2) is 28.7 Å². The number of carbonyl (C=O) groups is 2. The quantitative estimate of drug-likeness (QED) is 0.872. The highest BCUT2D eigenvalue weighted by atomic mass is 79.9. The Balaban J connectivity index is 2.55. The number of hydrogen-bond acceptors (Lipinski definition) is 2. The van der Waals surface area contributed by atoms with Crippen LogP contribution >= 0.6 is 15.9 Å². The maximum Gasteiger partial charge on any atom is 0.326 e. The summed E-state index contributed by atoms with van der Waals surface area (Å²) in [5.74, 6) is -0.996. The van der Waals surface area contributed by atoms with E-state index in [1.54, 1.807) is 6.92 Å². The number of amides is 2. The lowest BCUT2D eigenvalue weighted by Crippen LogP contribution is -2.46. The van der Waals surface area contributed by atoms with Crippen LogP contribution in [0.25, 0.3) is 0 Å². The molecule has 0 aliphatic carbocycles. The van der Waals surface area contributed by atoms with Crippen molar-refractivity contribution in [3.63, 3.8) is 0 Å². The SMILES string of the molecule is CCC(C(=O)O)N(C)C(=O)NCc1ccc(Br)cc1. The van der Waals surface area contributed by atoms with E-state index in [9.17, 15) is 9.59 Å². The molecule has 104 valence electrons. The molecule has 6 heteroatoms. The third-order valence-electron chi connectivity index (χ3n) is 2.82. The van der Waals surface area contributed by atoms with Crippen LogP contribution in [0.1, 0.15) is 18.9 Å². The smallest absolute Gasteiger partial charge is 0.326 e. The maximum atomic E-state index is 11.8. The van der Waals surface area contributed by atoms with Crippen molar-refractivity contribution in [1.82, 2.24) is 10.2 Å². The van der Waals surface area contributed by atoms with Crippen LogP contribution in [-0.4, -0.2) is 35.1 Å². The van der Waals surface area contributed by atoms with Crippen molar-refractivity contribution < 1.29 is 14.7 Å². The molecule has 19 heavy (non-hydrogen) atoms. The highest BCUT2D eigenvalue weighted by Crippen LogP contribution is 2.10. The van der Waals surface area contributed by atoms with Crippen LogP contribution in [0.3, 0.4) is 0 Å². The molecule has 1 rings (SSSR count). The summed E-state index contributed by atoms with van der Waals surface area (Å²) in [6, 6.07) is 6.36. The van der Waals surface area contributed by atoms with Gasteiger partial charge in [0.25, 0.3) is 0 Å². The van der Waals surface area contributed by atoms with Crippen molar-refractivity contribution in [2.24, 2.45) is 0 Å². The van der Waals surface area contributed by atoms with Gasteiger partial charge in [-0.1, -0.05) is 35.0 Å². The van der Waals surface area contributed by atoms with E-state index in [1.165, 1.54) is 11.9 Å². The van der Waals surface area contributed by atoms with E-state index >= 15 is 0 Å².